The van der Waals surface area contributed by atoms with Crippen molar-refractivity contribution in [3.8, 4) is 0 Å². The summed E-state index contributed by atoms with van der Waals surface area (Å²) in [5, 5.41) is 5.30. The Bertz CT molecular complexity index is 429. The minimum Gasteiger partial charge on any atom is -0.242 e. The number of rotatable bonds is 1. The number of fused-ring (bicyclic) bond motifs is 1. The molecule has 2 heterocycles. The van der Waals surface area contributed by atoms with E-state index in [0.717, 1.165) is 10.7 Å². The maximum Gasteiger partial charge on any atom is 0.189 e. The molecule has 70 valence electrons. The summed E-state index contributed by atoms with van der Waals surface area (Å²) in [6, 6.07) is 0. The molecule has 0 fully saturated rings. The maximum atomic E-state index is 4.39. The lowest BCUT2D eigenvalue weighted by molar-refractivity contribution is 0.787. The van der Waals surface area contributed by atoms with Crippen LogP contribution in [0.2, 0.25) is 0 Å². The third-order valence-electron chi connectivity index (χ3n) is 1.70. The molecule has 0 aliphatic heterocycles. The summed E-state index contributed by atoms with van der Waals surface area (Å²) in [5.74, 6) is 0. The first-order chi connectivity index (χ1) is 6.07. The van der Waals surface area contributed by atoms with Gasteiger partial charge in [-0.1, -0.05) is 0 Å². The molecule has 0 atom stereocenters. The quantitative estimate of drug-likeness (QED) is 0.687. The van der Waals surface area contributed by atoms with Crippen molar-refractivity contribution in [1.82, 2.24) is 19.6 Å². The minimum atomic E-state index is -0.843. The first-order valence-electron chi connectivity index (χ1n) is 3.91. The smallest absolute Gasteiger partial charge is 0.189 e. The summed E-state index contributed by atoms with van der Waals surface area (Å²) in [5.41, 5.74) is 0.937. The summed E-state index contributed by atoms with van der Waals surface area (Å²) in [6.07, 6.45) is 11.8. The van der Waals surface area contributed by atoms with E-state index >= 15 is 0 Å². The zero-order valence-electron chi connectivity index (χ0n) is 7.93. The molecule has 2 aromatic heterocycles. The molecule has 0 saturated carbocycles. The molecular weight excluding hydrogens is 184 g/mol. The number of imidazole rings is 1. The molecule has 0 unspecified atom stereocenters. The predicted octanol–water partition coefficient (Wildman–Crippen LogP) is 1.18. The number of hydrogen-bond donors (Lipinski definition) is 0. The highest BCUT2D eigenvalue weighted by atomic mass is 32.3. The second-order valence-corrected chi connectivity index (χ2v) is 7.68. The fraction of sp³-hybridized carbons (Fsp3) is 0.375. The molecule has 5 heteroatoms. The van der Waals surface area contributed by atoms with Gasteiger partial charge in [-0.25, -0.2) is 14.5 Å². The Morgan fingerprint density at radius 2 is 2.00 bits per heavy atom. The SMILES string of the molecule is CS(C)(C)c1ncc2cncn2n1. The van der Waals surface area contributed by atoms with E-state index in [2.05, 4.69) is 33.8 Å². The minimum absolute atomic E-state index is 0.843. The van der Waals surface area contributed by atoms with Crippen molar-refractivity contribution in [2.45, 2.75) is 5.16 Å². The average Bonchev–Trinajstić information content (AvgIpc) is 2.47. The van der Waals surface area contributed by atoms with Crippen LogP contribution in [0.5, 0.6) is 0 Å². The first-order valence-corrected chi connectivity index (χ1v) is 6.77. The lowest BCUT2D eigenvalue weighted by Gasteiger charge is -2.21. The predicted molar refractivity (Wildman–Crippen MR) is 54.4 cm³/mol. The molecule has 2 rings (SSSR count). The van der Waals surface area contributed by atoms with Gasteiger partial charge in [0.25, 0.3) is 0 Å². The van der Waals surface area contributed by atoms with Crippen molar-refractivity contribution in [3.05, 3.63) is 18.7 Å². The van der Waals surface area contributed by atoms with Crippen molar-refractivity contribution in [3.63, 3.8) is 0 Å². The molecule has 0 aliphatic rings. The van der Waals surface area contributed by atoms with Gasteiger partial charge in [0, 0.05) is 0 Å². The second kappa shape index (κ2) is 2.70. The van der Waals surface area contributed by atoms with Crippen LogP contribution in [-0.4, -0.2) is 38.3 Å². The van der Waals surface area contributed by atoms with Gasteiger partial charge in [-0.2, -0.15) is 10.0 Å². The van der Waals surface area contributed by atoms with Gasteiger partial charge in [-0.05, 0) is 18.8 Å². The van der Waals surface area contributed by atoms with E-state index in [1.54, 1.807) is 17.0 Å². The van der Waals surface area contributed by atoms with Gasteiger partial charge in [0.2, 0.25) is 0 Å². The Labute approximate surface area is 78.3 Å². The molecule has 0 amide bonds. The molecule has 0 N–H and O–H groups in total. The van der Waals surface area contributed by atoms with Crippen LogP contribution in [0.25, 0.3) is 5.52 Å². The van der Waals surface area contributed by atoms with Crippen LogP contribution in [0.4, 0.5) is 0 Å². The average molecular weight is 196 g/mol. The Morgan fingerprint density at radius 1 is 1.23 bits per heavy atom. The van der Waals surface area contributed by atoms with E-state index in [9.17, 15) is 0 Å². The monoisotopic (exact) mass is 196 g/mol. The Kier molecular flexibility index (Phi) is 1.76. The van der Waals surface area contributed by atoms with Crippen LogP contribution in [0.15, 0.2) is 23.9 Å². The maximum absolute atomic E-state index is 4.39. The topological polar surface area (TPSA) is 43.1 Å². The summed E-state index contributed by atoms with van der Waals surface area (Å²) in [7, 11) is -0.843. The molecule has 0 bridgehead atoms. The molecule has 0 aliphatic carbocycles. The highest BCUT2D eigenvalue weighted by molar-refractivity contribution is 8.32. The Hall–Kier alpha value is -1.10. The van der Waals surface area contributed by atoms with Crippen LogP contribution in [-0.2, 0) is 0 Å². The first kappa shape index (κ1) is 8.50. The molecule has 13 heavy (non-hydrogen) atoms. The van der Waals surface area contributed by atoms with E-state index in [4.69, 9.17) is 0 Å². The van der Waals surface area contributed by atoms with Crippen molar-refractivity contribution in [2.24, 2.45) is 0 Å². The van der Waals surface area contributed by atoms with Gasteiger partial charge < -0.3 is 0 Å². The molecular formula is C8H12N4S. The fourth-order valence-electron chi connectivity index (χ4n) is 0.995. The molecule has 4 nitrogen and oxygen atoms in total. The van der Waals surface area contributed by atoms with Gasteiger partial charge in [-0.3, -0.25) is 0 Å². The van der Waals surface area contributed by atoms with Gasteiger partial charge in [0.15, 0.2) is 5.16 Å². The van der Waals surface area contributed by atoms with E-state index in [-0.39, 0.29) is 0 Å². The lowest BCUT2D eigenvalue weighted by atomic mass is 10.6. The molecule has 0 spiro atoms. The largest absolute Gasteiger partial charge is 0.242 e. The van der Waals surface area contributed by atoms with Crippen molar-refractivity contribution in [1.29, 1.82) is 0 Å². The third-order valence-corrected chi connectivity index (χ3v) is 2.98. The van der Waals surface area contributed by atoms with Crippen molar-refractivity contribution >= 4 is 15.5 Å². The summed E-state index contributed by atoms with van der Waals surface area (Å²) in [4.78, 5) is 8.31. The van der Waals surface area contributed by atoms with Crippen LogP contribution in [0, 0.1) is 0 Å². The van der Waals surface area contributed by atoms with Crippen LogP contribution in [0.3, 0.4) is 0 Å². The normalized spacial score (nSPS) is 13.5. The summed E-state index contributed by atoms with van der Waals surface area (Å²) < 4.78 is 1.76. The highest BCUT2D eigenvalue weighted by Gasteiger charge is 2.11. The molecule has 0 radical (unpaired) electrons. The van der Waals surface area contributed by atoms with Crippen molar-refractivity contribution < 1.29 is 0 Å². The van der Waals surface area contributed by atoms with Gasteiger partial charge in [-0.15, -0.1) is 5.10 Å². The summed E-state index contributed by atoms with van der Waals surface area (Å²) in [6.45, 7) is 0. The number of nitrogens with zero attached hydrogens (tertiary/aromatic N) is 4. The van der Waals surface area contributed by atoms with Crippen LogP contribution in [0.1, 0.15) is 0 Å². The molecule has 0 aromatic carbocycles. The zero-order chi connectivity index (χ0) is 9.47. The number of hydrogen-bond acceptors (Lipinski definition) is 3. The Morgan fingerprint density at radius 3 is 2.69 bits per heavy atom. The van der Waals surface area contributed by atoms with E-state index in [1.165, 1.54) is 0 Å². The van der Waals surface area contributed by atoms with Gasteiger partial charge in [0.1, 0.15) is 11.8 Å². The fourth-order valence-corrected chi connectivity index (χ4v) is 1.70. The van der Waals surface area contributed by atoms with Gasteiger partial charge >= 0.3 is 0 Å². The lowest BCUT2D eigenvalue weighted by Crippen LogP contribution is -2.03. The zero-order valence-corrected chi connectivity index (χ0v) is 8.75. The van der Waals surface area contributed by atoms with E-state index in [0.29, 0.717) is 0 Å². The molecule has 0 saturated heterocycles. The van der Waals surface area contributed by atoms with E-state index < -0.39 is 10.0 Å². The standard InChI is InChI=1S/C8H12N4S/c1-13(2,3)8-10-5-7-4-9-6-12(7)11-8/h4-6H,1-3H3. The van der Waals surface area contributed by atoms with Gasteiger partial charge in [0.05, 0.1) is 12.4 Å². The highest BCUT2D eigenvalue weighted by Crippen LogP contribution is 2.41. The van der Waals surface area contributed by atoms with Crippen molar-refractivity contribution in [2.75, 3.05) is 18.8 Å². The molecule has 2 aromatic rings. The Balaban J connectivity index is 2.61. The third kappa shape index (κ3) is 1.51. The van der Waals surface area contributed by atoms with E-state index in [1.807, 2.05) is 6.20 Å². The number of aromatic nitrogens is 4. The summed E-state index contributed by atoms with van der Waals surface area (Å²) >= 11 is 0. The van der Waals surface area contributed by atoms with Crippen LogP contribution >= 0.6 is 10.0 Å². The second-order valence-electron chi connectivity index (χ2n) is 3.64. The van der Waals surface area contributed by atoms with Crippen LogP contribution < -0.4 is 0 Å².